The molecule has 0 saturated carbocycles. The van der Waals surface area contributed by atoms with E-state index in [1.807, 2.05) is 0 Å². The van der Waals surface area contributed by atoms with Crippen LogP contribution in [0, 0.1) is 0 Å². The maximum absolute atomic E-state index is 11.5. The Hall–Kier alpha value is -1.82. The minimum Gasteiger partial charge on any atom is -0.444 e. The van der Waals surface area contributed by atoms with Crippen molar-refractivity contribution >= 4 is 11.9 Å². The lowest BCUT2D eigenvalue weighted by Crippen LogP contribution is -2.38. The molecule has 3 N–H and O–H groups in total. The number of carbonyl (C=O) groups is 1. The van der Waals surface area contributed by atoms with E-state index >= 15 is 0 Å². The molecule has 0 aromatic carbocycles. The molecule has 1 unspecified atom stereocenters. The number of nitrogen functional groups attached to an aromatic ring is 1. The van der Waals surface area contributed by atoms with Crippen molar-refractivity contribution in [1.29, 1.82) is 0 Å². The molecule has 0 radical (unpaired) electrons. The number of nitrogens with two attached hydrogens (primary N) is 1. The fourth-order valence-electron chi connectivity index (χ4n) is 1.30. The maximum Gasteiger partial charge on any atom is 0.409 e. The average Bonchev–Trinajstić information content (AvgIpc) is 2.23. The first kappa shape index (κ1) is 15.2. The van der Waals surface area contributed by atoms with Crippen LogP contribution < -0.4 is 11.1 Å². The van der Waals surface area contributed by atoms with Gasteiger partial charge in [0.1, 0.15) is 17.6 Å². The number of aromatic nitrogens is 1. The number of carbonyl (C=O) groups excluding carboxylic acids is 1. The summed E-state index contributed by atoms with van der Waals surface area (Å²) in [6.45, 7) is 7.39. The predicted molar refractivity (Wildman–Crippen MR) is 72.3 cm³/mol. The van der Waals surface area contributed by atoms with Crippen molar-refractivity contribution in [2.45, 2.75) is 46.1 Å². The van der Waals surface area contributed by atoms with Gasteiger partial charge in [0.2, 0.25) is 0 Å². The summed E-state index contributed by atoms with van der Waals surface area (Å²) in [5.41, 5.74) is 5.74. The summed E-state index contributed by atoms with van der Waals surface area (Å²) < 4.78 is 10.6. The van der Waals surface area contributed by atoms with Crippen molar-refractivity contribution in [2.24, 2.45) is 0 Å². The number of hydrogen-bond acceptors (Lipinski definition) is 5. The highest BCUT2D eigenvalue weighted by molar-refractivity contribution is 5.67. The second kappa shape index (κ2) is 6.38. The third-order valence-corrected chi connectivity index (χ3v) is 2.03. The topological polar surface area (TPSA) is 86.5 Å². The number of nitrogens with one attached hydrogen (secondary N) is 1. The third-order valence-electron chi connectivity index (χ3n) is 2.03. The molecule has 0 saturated heterocycles. The zero-order chi connectivity index (χ0) is 14.5. The summed E-state index contributed by atoms with van der Waals surface area (Å²) in [6, 6.07) is 5.30. The fraction of sp³-hybridized carbons (Fsp3) is 0.538. The lowest BCUT2D eigenvalue weighted by molar-refractivity contribution is 0.00598. The zero-order valence-electron chi connectivity index (χ0n) is 11.8. The van der Waals surface area contributed by atoms with Crippen LogP contribution >= 0.6 is 0 Å². The molecule has 1 rings (SSSR count). The molecule has 0 fully saturated rings. The van der Waals surface area contributed by atoms with Gasteiger partial charge in [-0.2, -0.15) is 0 Å². The molecular formula is C13H21N3O3. The van der Waals surface area contributed by atoms with Gasteiger partial charge in [0.05, 0.1) is 12.3 Å². The number of ether oxygens (including phenoxy) is 2. The molecule has 1 heterocycles. The molecule has 106 valence electrons. The number of rotatable bonds is 4. The second-order valence-corrected chi connectivity index (χ2v) is 5.15. The summed E-state index contributed by atoms with van der Waals surface area (Å²) in [4.78, 5) is 15.6. The van der Waals surface area contributed by atoms with E-state index in [2.05, 4.69) is 10.3 Å². The lowest BCUT2D eigenvalue weighted by atomic mass is 10.2. The van der Waals surface area contributed by atoms with Gasteiger partial charge < -0.3 is 15.2 Å². The molecule has 6 heteroatoms. The molecule has 0 aliphatic carbocycles. The van der Waals surface area contributed by atoms with E-state index < -0.39 is 17.9 Å². The molecule has 0 aliphatic heterocycles. The van der Waals surface area contributed by atoms with Crippen molar-refractivity contribution in [1.82, 2.24) is 10.3 Å². The number of pyridine rings is 1. The van der Waals surface area contributed by atoms with E-state index in [1.165, 1.54) is 0 Å². The number of amides is 1. The van der Waals surface area contributed by atoms with Gasteiger partial charge in [0, 0.05) is 0 Å². The van der Waals surface area contributed by atoms with Crippen LogP contribution in [0.2, 0.25) is 0 Å². The monoisotopic (exact) mass is 267 g/mol. The summed E-state index contributed by atoms with van der Waals surface area (Å²) in [6.07, 6.45) is -0.987. The smallest absolute Gasteiger partial charge is 0.409 e. The van der Waals surface area contributed by atoms with Crippen molar-refractivity contribution < 1.29 is 14.3 Å². The van der Waals surface area contributed by atoms with Gasteiger partial charge in [-0.05, 0) is 39.8 Å². The molecule has 0 spiro atoms. The summed E-state index contributed by atoms with van der Waals surface area (Å²) in [5, 5.41) is 2.58. The van der Waals surface area contributed by atoms with Crippen molar-refractivity contribution in [3.63, 3.8) is 0 Å². The highest BCUT2D eigenvalue weighted by Crippen LogP contribution is 2.07. The van der Waals surface area contributed by atoms with Crippen molar-refractivity contribution in [2.75, 3.05) is 5.73 Å². The van der Waals surface area contributed by atoms with E-state index in [0.29, 0.717) is 11.5 Å². The number of anilines is 1. The van der Waals surface area contributed by atoms with Crippen LogP contribution in [0.5, 0.6) is 0 Å². The number of alkyl carbamates (subject to hydrolysis) is 1. The van der Waals surface area contributed by atoms with E-state index in [4.69, 9.17) is 15.2 Å². The first-order valence-electron chi connectivity index (χ1n) is 6.09. The van der Waals surface area contributed by atoms with Gasteiger partial charge in [-0.3, -0.25) is 5.32 Å². The SMILES string of the molecule is CC(NC(=O)OC(C)(C)C)OCc1cccc(N)n1. The molecule has 0 aliphatic rings. The molecule has 1 aromatic rings. The van der Waals surface area contributed by atoms with Crippen LogP contribution in [0.25, 0.3) is 0 Å². The average molecular weight is 267 g/mol. The van der Waals surface area contributed by atoms with Gasteiger partial charge in [-0.15, -0.1) is 0 Å². The van der Waals surface area contributed by atoms with E-state index in [0.717, 1.165) is 0 Å². The summed E-state index contributed by atoms with van der Waals surface area (Å²) in [5.74, 6) is 0.439. The Kier molecular flexibility index (Phi) is 5.11. The van der Waals surface area contributed by atoms with Crippen LogP contribution in [0.15, 0.2) is 18.2 Å². The minimum absolute atomic E-state index is 0.266. The Balaban J connectivity index is 2.36. The van der Waals surface area contributed by atoms with E-state index in [1.54, 1.807) is 45.9 Å². The summed E-state index contributed by atoms with van der Waals surface area (Å²) >= 11 is 0. The normalized spacial score (nSPS) is 12.8. The fourth-order valence-corrected chi connectivity index (χ4v) is 1.30. The van der Waals surface area contributed by atoms with Gasteiger partial charge >= 0.3 is 6.09 Å². The molecule has 1 aromatic heterocycles. The highest BCUT2D eigenvalue weighted by Gasteiger charge is 2.17. The van der Waals surface area contributed by atoms with Gasteiger partial charge in [-0.1, -0.05) is 6.07 Å². The Morgan fingerprint density at radius 3 is 2.74 bits per heavy atom. The van der Waals surface area contributed by atoms with Crippen LogP contribution in [0.1, 0.15) is 33.4 Å². The number of hydrogen-bond donors (Lipinski definition) is 2. The van der Waals surface area contributed by atoms with Crippen LogP contribution in [0.4, 0.5) is 10.6 Å². The van der Waals surface area contributed by atoms with E-state index in [-0.39, 0.29) is 6.61 Å². The highest BCUT2D eigenvalue weighted by atomic mass is 16.6. The summed E-state index contributed by atoms with van der Waals surface area (Å²) in [7, 11) is 0. The molecule has 19 heavy (non-hydrogen) atoms. The van der Waals surface area contributed by atoms with Crippen LogP contribution in [-0.4, -0.2) is 22.9 Å². The van der Waals surface area contributed by atoms with Gasteiger partial charge in [0.25, 0.3) is 0 Å². The maximum atomic E-state index is 11.5. The first-order valence-corrected chi connectivity index (χ1v) is 6.09. The molecule has 1 atom stereocenters. The number of nitrogens with zero attached hydrogens (tertiary/aromatic N) is 1. The quantitative estimate of drug-likeness (QED) is 0.815. The van der Waals surface area contributed by atoms with Crippen molar-refractivity contribution in [3.8, 4) is 0 Å². The predicted octanol–water partition coefficient (Wildman–Crippen LogP) is 2.05. The van der Waals surface area contributed by atoms with Crippen molar-refractivity contribution in [3.05, 3.63) is 23.9 Å². The van der Waals surface area contributed by atoms with Gasteiger partial charge in [-0.25, -0.2) is 9.78 Å². The largest absolute Gasteiger partial charge is 0.444 e. The minimum atomic E-state index is -0.529. The Labute approximate surface area is 113 Å². The Morgan fingerprint density at radius 2 is 2.16 bits per heavy atom. The zero-order valence-corrected chi connectivity index (χ0v) is 11.8. The molecule has 6 nitrogen and oxygen atoms in total. The lowest BCUT2D eigenvalue weighted by Gasteiger charge is -2.22. The third kappa shape index (κ3) is 6.61. The molecule has 1 amide bonds. The Bertz CT molecular complexity index is 429. The first-order chi connectivity index (χ1) is 8.76. The molecule has 0 bridgehead atoms. The van der Waals surface area contributed by atoms with Crippen LogP contribution in [0.3, 0.4) is 0 Å². The van der Waals surface area contributed by atoms with E-state index in [9.17, 15) is 4.79 Å². The Morgan fingerprint density at radius 1 is 1.47 bits per heavy atom. The molecular weight excluding hydrogens is 246 g/mol. The van der Waals surface area contributed by atoms with Gasteiger partial charge in [0.15, 0.2) is 0 Å². The van der Waals surface area contributed by atoms with Crippen LogP contribution in [-0.2, 0) is 16.1 Å². The standard InChI is InChI=1S/C13H21N3O3/c1-9(15-12(17)19-13(2,3)4)18-8-10-6-5-7-11(14)16-10/h5-7,9H,8H2,1-4H3,(H2,14,16)(H,15,17). The second-order valence-electron chi connectivity index (χ2n) is 5.15.